The Balaban J connectivity index is 1.69. The zero-order valence-corrected chi connectivity index (χ0v) is 19.4. The molecule has 1 aliphatic heterocycles. The Hall–Kier alpha value is -2.78. The van der Waals surface area contributed by atoms with Gasteiger partial charge in [-0.25, -0.2) is 4.98 Å². The van der Waals surface area contributed by atoms with Gasteiger partial charge in [0.05, 0.1) is 46.3 Å². The largest absolute Gasteiger partial charge is 0.493 e. The van der Waals surface area contributed by atoms with Crippen molar-refractivity contribution in [3.63, 3.8) is 0 Å². The van der Waals surface area contributed by atoms with Gasteiger partial charge >= 0.3 is 0 Å². The predicted octanol–water partition coefficient (Wildman–Crippen LogP) is 1.92. The third-order valence-electron chi connectivity index (χ3n) is 5.49. The number of imidazole rings is 1. The van der Waals surface area contributed by atoms with E-state index in [0.29, 0.717) is 6.54 Å². The minimum atomic E-state index is 0.125. The predicted molar refractivity (Wildman–Crippen MR) is 126 cm³/mol. The summed E-state index contributed by atoms with van der Waals surface area (Å²) in [5.74, 6) is 2.29. The number of morpholine rings is 1. The highest BCUT2D eigenvalue weighted by atomic mass is 16.5. The summed E-state index contributed by atoms with van der Waals surface area (Å²) in [6.45, 7) is 8.51. The van der Waals surface area contributed by atoms with Crippen molar-refractivity contribution >= 4 is 5.96 Å². The lowest BCUT2D eigenvalue weighted by atomic mass is 10.0. The van der Waals surface area contributed by atoms with E-state index in [0.717, 1.165) is 75.4 Å². The maximum Gasteiger partial charge on any atom is 0.191 e. The first kappa shape index (κ1) is 23.9. The number of aromatic nitrogens is 2. The van der Waals surface area contributed by atoms with Gasteiger partial charge in [-0.3, -0.25) is 9.89 Å². The summed E-state index contributed by atoms with van der Waals surface area (Å²) in [4.78, 5) is 11.4. The molecule has 0 saturated carbocycles. The summed E-state index contributed by atoms with van der Waals surface area (Å²) in [6, 6.07) is 6.24. The minimum absolute atomic E-state index is 0.125. The highest BCUT2D eigenvalue weighted by molar-refractivity contribution is 5.79. The molecule has 1 saturated heterocycles. The molecule has 2 heterocycles. The molecule has 0 amide bonds. The monoisotopic (exact) mass is 444 g/mol. The Morgan fingerprint density at radius 3 is 2.69 bits per heavy atom. The van der Waals surface area contributed by atoms with Crippen LogP contribution in [0.2, 0.25) is 0 Å². The second-order valence-corrected chi connectivity index (χ2v) is 7.58. The maximum atomic E-state index is 5.57. The van der Waals surface area contributed by atoms with Crippen molar-refractivity contribution in [2.24, 2.45) is 4.99 Å². The number of nitrogens with one attached hydrogen (secondary N) is 2. The van der Waals surface area contributed by atoms with Crippen molar-refractivity contribution in [2.75, 3.05) is 60.2 Å². The Morgan fingerprint density at radius 2 is 2.00 bits per heavy atom. The molecule has 1 aliphatic rings. The van der Waals surface area contributed by atoms with Crippen molar-refractivity contribution in [2.45, 2.75) is 25.9 Å². The van der Waals surface area contributed by atoms with E-state index in [9.17, 15) is 0 Å². The van der Waals surface area contributed by atoms with Crippen LogP contribution in [0.1, 0.15) is 24.9 Å². The maximum absolute atomic E-state index is 5.57. The average Bonchev–Trinajstić information content (AvgIpc) is 3.36. The van der Waals surface area contributed by atoms with Crippen LogP contribution in [0, 0.1) is 0 Å². The molecular weight excluding hydrogens is 408 g/mol. The number of hydrogen-bond donors (Lipinski definition) is 2. The molecule has 1 unspecified atom stereocenters. The Labute approximate surface area is 190 Å². The number of aliphatic imine (C=N–C) groups is 1. The fourth-order valence-electron chi connectivity index (χ4n) is 3.79. The molecule has 9 nitrogen and oxygen atoms in total. The van der Waals surface area contributed by atoms with Crippen LogP contribution in [0.5, 0.6) is 11.5 Å². The fourth-order valence-corrected chi connectivity index (χ4v) is 3.79. The number of methoxy groups -OCH3 is 2. The SMILES string of the molecule is CCNC(=NCC(c1ccc(OC)c(OC)c1)N1CCOCC1)NCCCn1ccnc1. The number of nitrogens with zero attached hydrogens (tertiary/aromatic N) is 4. The van der Waals surface area contributed by atoms with Crippen molar-refractivity contribution in [1.29, 1.82) is 0 Å². The zero-order chi connectivity index (χ0) is 22.6. The molecule has 1 fully saturated rings. The lowest BCUT2D eigenvalue weighted by molar-refractivity contribution is 0.0179. The second-order valence-electron chi connectivity index (χ2n) is 7.58. The summed E-state index contributed by atoms with van der Waals surface area (Å²) < 4.78 is 18.6. The summed E-state index contributed by atoms with van der Waals surface area (Å²) in [6.07, 6.45) is 6.62. The van der Waals surface area contributed by atoms with E-state index < -0.39 is 0 Å². The van der Waals surface area contributed by atoms with Crippen LogP contribution in [0.4, 0.5) is 0 Å². The fraction of sp³-hybridized carbons (Fsp3) is 0.565. The molecule has 1 aromatic carbocycles. The van der Waals surface area contributed by atoms with Gasteiger partial charge in [0.15, 0.2) is 17.5 Å². The number of rotatable bonds is 11. The van der Waals surface area contributed by atoms with Crippen molar-refractivity contribution in [3.05, 3.63) is 42.5 Å². The van der Waals surface area contributed by atoms with E-state index in [1.54, 1.807) is 20.4 Å². The van der Waals surface area contributed by atoms with Crippen LogP contribution in [0.15, 0.2) is 41.9 Å². The summed E-state index contributed by atoms with van der Waals surface area (Å²) in [7, 11) is 3.32. The quantitative estimate of drug-likeness (QED) is 0.311. The molecule has 0 aliphatic carbocycles. The van der Waals surface area contributed by atoms with Crippen LogP contribution in [0.25, 0.3) is 0 Å². The third-order valence-corrected chi connectivity index (χ3v) is 5.49. The van der Waals surface area contributed by atoms with Gasteiger partial charge in [0.2, 0.25) is 0 Å². The molecule has 0 radical (unpaired) electrons. The summed E-state index contributed by atoms with van der Waals surface area (Å²) >= 11 is 0. The van der Waals surface area contributed by atoms with Gasteiger partial charge in [-0.05, 0) is 31.0 Å². The molecule has 1 atom stereocenters. The van der Waals surface area contributed by atoms with Crippen molar-refractivity contribution < 1.29 is 14.2 Å². The first-order valence-corrected chi connectivity index (χ1v) is 11.3. The Bertz CT molecular complexity index is 821. The standard InChI is InChI=1S/C23H36N6O3/c1-4-25-23(26-8-5-10-28-11-9-24-18-28)27-17-20(29-12-14-32-15-13-29)19-6-7-21(30-2)22(16-19)31-3/h6-7,9,11,16,18,20H,4-5,8,10,12-15,17H2,1-3H3,(H2,25,26,27). The number of benzene rings is 1. The molecule has 9 heteroatoms. The molecule has 0 spiro atoms. The number of guanidine groups is 1. The van der Waals surface area contributed by atoms with E-state index in [-0.39, 0.29) is 6.04 Å². The van der Waals surface area contributed by atoms with Crippen molar-refractivity contribution in [1.82, 2.24) is 25.1 Å². The third kappa shape index (κ3) is 6.86. The van der Waals surface area contributed by atoms with E-state index in [1.807, 2.05) is 18.6 Å². The molecule has 2 aromatic rings. The van der Waals surface area contributed by atoms with Crippen molar-refractivity contribution in [3.8, 4) is 11.5 Å². The first-order chi connectivity index (χ1) is 15.7. The van der Waals surface area contributed by atoms with Gasteiger partial charge in [-0.15, -0.1) is 0 Å². The molecule has 32 heavy (non-hydrogen) atoms. The Kier molecular flexibility index (Phi) is 9.64. The smallest absolute Gasteiger partial charge is 0.191 e. The molecule has 1 aromatic heterocycles. The number of hydrogen-bond acceptors (Lipinski definition) is 6. The topological polar surface area (TPSA) is 85.2 Å². The molecular formula is C23H36N6O3. The second kappa shape index (κ2) is 12.9. The molecule has 2 N–H and O–H groups in total. The summed E-state index contributed by atoms with van der Waals surface area (Å²) in [5, 5.41) is 6.81. The highest BCUT2D eigenvalue weighted by Gasteiger charge is 2.24. The van der Waals surface area contributed by atoms with Crippen LogP contribution in [0.3, 0.4) is 0 Å². The van der Waals surface area contributed by atoms with Gasteiger partial charge in [-0.1, -0.05) is 6.07 Å². The average molecular weight is 445 g/mol. The van der Waals surface area contributed by atoms with Crippen LogP contribution >= 0.6 is 0 Å². The highest BCUT2D eigenvalue weighted by Crippen LogP contribution is 2.32. The summed E-state index contributed by atoms with van der Waals surface area (Å²) in [5.41, 5.74) is 1.16. The van der Waals surface area contributed by atoms with Gasteiger partial charge in [-0.2, -0.15) is 0 Å². The first-order valence-electron chi connectivity index (χ1n) is 11.3. The van der Waals surface area contributed by atoms with Gasteiger partial charge in [0.1, 0.15) is 0 Å². The minimum Gasteiger partial charge on any atom is -0.493 e. The lowest BCUT2D eigenvalue weighted by Crippen LogP contribution is -2.42. The van der Waals surface area contributed by atoms with Gasteiger partial charge < -0.3 is 29.4 Å². The van der Waals surface area contributed by atoms with Crippen LogP contribution in [-0.4, -0.2) is 80.6 Å². The van der Waals surface area contributed by atoms with Gasteiger partial charge in [0.25, 0.3) is 0 Å². The van der Waals surface area contributed by atoms with E-state index in [2.05, 4.69) is 44.1 Å². The van der Waals surface area contributed by atoms with E-state index in [4.69, 9.17) is 19.2 Å². The van der Waals surface area contributed by atoms with E-state index >= 15 is 0 Å². The van der Waals surface area contributed by atoms with Gasteiger partial charge in [0, 0.05) is 45.1 Å². The van der Waals surface area contributed by atoms with Crippen LogP contribution in [-0.2, 0) is 11.3 Å². The van der Waals surface area contributed by atoms with E-state index in [1.165, 1.54) is 0 Å². The number of aryl methyl sites for hydroxylation is 1. The molecule has 0 bridgehead atoms. The Morgan fingerprint density at radius 1 is 1.19 bits per heavy atom. The van der Waals surface area contributed by atoms with Crippen LogP contribution < -0.4 is 20.1 Å². The molecule has 3 rings (SSSR count). The zero-order valence-electron chi connectivity index (χ0n) is 19.4. The number of ether oxygens (including phenoxy) is 3. The normalized spacial score (nSPS) is 15.9. The lowest BCUT2D eigenvalue weighted by Gasteiger charge is -2.34. The molecule has 176 valence electrons.